The van der Waals surface area contributed by atoms with E-state index in [4.69, 9.17) is 5.11 Å². The van der Waals surface area contributed by atoms with Crippen LogP contribution in [-0.2, 0) is 0 Å². The lowest BCUT2D eigenvalue weighted by molar-refractivity contribution is 0.0696. The third kappa shape index (κ3) is 6.86. The van der Waals surface area contributed by atoms with Gasteiger partial charge >= 0.3 is 12.0 Å². The van der Waals surface area contributed by atoms with E-state index < -0.39 is 5.97 Å². The van der Waals surface area contributed by atoms with E-state index in [0.717, 1.165) is 25.0 Å². The van der Waals surface area contributed by atoms with E-state index in [1.165, 1.54) is 6.07 Å². The normalized spacial score (nSPS) is 10.2. The Bertz CT molecular complexity index is 497. The van der Waals surface area contributed by atoms with Crippen molar-refractivity contribution in [2.24, 2.45) is 0 Å². The van der Waals surface area contributed by atoms with Gasteiger partial charge in [0.15, 0.2) is 0 Å². The number of hydrogen-bond donors (Lipinski definition) is 3. The first-order valence-corrected chi connectivity index (χ1v) is 8.80. The Morgan fingerprint density at radius 2 is 2.05 bits per heavy atom. The second kappa shape index (κ2) is 9.68. The maximum atomic E-state index is 11.7. The number of urea groups is 1. The van der Waals surface area contributed by atoms with Gasteiger partial charge in [-0.25, -0.2) is 9.59 Å². The molecule has 0 aliphatic heterocycles. The van der Waals surface area contributed by atoms with E-state index in [1.807, 2.05) is 11.8 Å². The van der Waals surface area contributed by atoms with Crippen LogP contribution >= 0.6 is 27.7 Å². The lowest BCUT2D eigenvalue weighted by atomic mass is 10.2. The number of carboxylic acid groups (broad SMARTS) is 1. The molecule has 0 atom stereocenters. The second-order valence-corrected chi connectivity index (χ2v) is 6.27. The molecule has 2 amide bonds. The van der Waals surface area contributed by atoms with E-state index in [-0.39, 0.29) is 11.6 Å². The Hall–Kier alpha value is -1.21. The fraction of sp³-hybridized carbons (Fsp3) is 0.429. The van der Waals surface area contributed by atoms with Gasteiger partial charge in [0.2, 0.25) is 0 Å². The third-order valence-electron chi connectivity index (χ3n) is 2.77. The summed E-state index contributed by atoms with van der Waals surface area (Å²) in [6, 6.07) is 4.35. The largest absolute Gasteiger partial charge is 0.478 e. The maximum Gasteiger partial charge on any atom is 0.336 e. The van der Waals surface area contributed by atoms with Gasteiger partial charge in [0.05, 0.1) is 5.56 Å². The molecule has 3 N–H and O–H groups in total. The summed E-state index contributed by atoms with van der Waals surface area (Å²) < 4.78 is 0.481. The van der Waals surface area contributed by atoms with Crippen molar-refractivity contribution in [3.05, 3.63) is 28.2 Å². The molecular formula is C14H19BrN2O3S. The van der Waals surface area contributed by atoms with Gasteiger partial charge in [-0.2, -0.15) is 11.8 Å². The van der Waals surface area contributed by atoms with Gasteiger partial charge in [0, 0.05) is 16.7 Å². The van der Waals surface area contributed by atoms with Gasteiger partial charge in [-0.05, 0) is 59.0 Å². The zero-order valence-electron chi connectivity index (χ0n) is 11.8. The fourth-order valence-electron chi connectivity index (χ4n) is 1.69. The number of nitrogens with one attached hydrogen (secondary N) is 2. The number of benzene rings is 1. The van der Waals surface area contributed by atoms with E-state index in [9.17, 15) is 9.59 Å². The topological polar surface area (TPSA) is 78.4 Å². The molecule has 1 rings (SSSR count). The van der Waals surface area contributed by atoms with Gasteiger partial charge < -0.3 is 15.7 Å². The SMILES string of the molecule is CSCCCCCNC(=O)Nc1ccc(Br)c(C(=O)O)c1. The van der Waals surface area contributed by atoms with Gasteiger partial charge in [-0.1, -0.05) is 6.42 Å². The molecule has 0 aliphatic rings. The van der Waals surface area contributed by atoms with Crippen LogP contribution in [0.25, 0.3) is 0 Å². The molecule has 0 saturated heterocycles. The zero-order chi connectivity index (χ0) is 15.7. The van der Waals surface area contributed by atoms with E-state index in [1.54, 1.807) is 12.1 Å². The van der Waals surface area contributed by atoms with Crippen molar-refractivity contribution in [3.8, 4) is 0 Å². The van der Waals surface area contributed by atoms with Crippen LogP contribution in [0.2, 0.25) is 0 Å². The number of thioether (sulfide) groups is 1. The molecule has 0 aromatic heterocycles. The third-order valence-corrected chi connectivity index (χ3v) is 4.15. The fourth-order valence-corrected chi connectivity index (χ4v) is 2.60. The van der Waals surface area contributed by atoms with Gasteiger partial charge in [-0.15, -0.1) is 0 Å². The number of amides is 2. The molecule has 5 nitrogen and oxygen atoms in total. The van der Waals surface area contributed by atoms with Crippen LogP contribution < -0.4 is 10.6 Å². The summed E-state index contributed by atoms with van der Waals surface area (Å²) in [7, 11) is 0. The second-order valence-electron chi connectivity index (χ2n) is 4.43. The monoisotopic (exact) mass is 374 g/mol. The molecule has 0 aliphatic carbocycles. The summed E-state index contributed by atoms with van der Waals surface area (Å²) in [5.41, 5.74) is 0.570. The first kappa shape index (κ1) is 17.8. The highest BCUT2D eigenvalue weighted by molar-refractivity contribution is 9.10. The highest BCUT2D eigenvalue weighted by Gasteiger charge is 2.10. The first-order valence-electron chi connectivity index (χ1n) is 6.61. The number of rotatable bonds is 8. The van der Waals surface area contributed by atoms with E-state index >= 15 is 0 Å². The number of hydrogen-bond acceptors (Lipinski definition) is 3. The van der Waals surface area contributed by atoms with Crippen molar-refractivity contribution >= 4 is 45.4 Å². The smallest absolute Gasteiger partial charge is 0.336 e. The Morgan fingerprint density at radius 1 is 1.29 bits per heavy atom. The zero-order valence-corrected chi connectivity index (χ0v) is 14.2. The molecular weight excluding hydrogens is 356 g/mol. The summed E-state index contributed by atoms with van der Waals surface area (Å²) in [4.78, 5) is 22.7. The molecule has 0 saturated carbocycles. The summed E-state index contributed by atoms with van der Waals surface area (Å²) >= 11 is 4.98. The molecule has 116 valence electrons. The van der Waals surface area contributed by atoms with Crippen LogP contribution in [0.3, 0.4) is 0 Å². The first-order chi connectivity index (χ1) is 10.0. The number of carbonyl (C=O) groups is 2. The molecule has 7 heteroatoms. The lowest BCUT2D eigenvalue weighted by Crippen LogP contribution is -2.29. The number of carbonyl (C=O) groups excluding carboxylic acids is 1. The van der Waals surface area contributed by atoms with Crippen molar-refractivity contribution in [2.45, 2.75) is 19.3 Å². The van der Waals surface area contributed by atoms with Crippen molar-refractivity contribution in [1.82, 2.24) is 5.32 Å². The number of unbranched alkanes of at least 4 members (excludes halogenated alkanes) is 2. The van der Waals surface area contributed by atoms with Crippen LogP contribution in [0.5, 0.6) is 0 Å². The summed E-state index contributed by atoms with van der Waals surface area (Å²) in [5, 5.41) is 14.4. The number of anilines is 1. The van der Waals surface area contributed by atoms with Crippen LogP contribution in [0.4, 0.5) is 10.5 Å². The summed E-state index contributed by atoms with van der Waals surface area (Å²) in [6.07, 6.45) is 5.26. The van der Waals surface area contributed by atoms with E-state index in [0.29, 0.717) is 16.7 Å². The summed E-state index contributed by atoms with van der Waals surface area (Å²) in [6.45, 7) is 0.614. The van der Waals surface area contributed by atoms with Gasteiger partial charge in [0.25, 0.3) is 0 Å². The minimum Gasteiger partial charge on any atom is -0.478 e. The van der Waals surface area contributed by atoms with Crippen LogP contribution in [0.1, 0.15) is 29.6 Å². The van der Waals surface area contributed by atoms with Crippen molar-refractivity contribution in [2.75, 3.05) is 23.9 Å². The predicted octanol–water partition coefficient (Wildman–Crippen LogP) is 3.80. The average Bonchev–Trinajstić information content (AvgIpc) is 2.44. The quantitative estimate of drug-likeness (QED) is 0.604. The number of halogens is 1. The van der Waals surface area contributed by atoms with Crippen LogP contribution in [0.15, 0.2) is 22.7 Å². The molecule has 0 heterocycles. The predicted molar refractivity (Wildman–Crippen MR) is 90.4 cm³/mol. The Balaban J connectivity index is 2.38. The van der Waals surface area contributed by atoms with Gasteiger partial charge in [-0.3, -0.25) is 0 Å². The molecule has 0 bridgehead atoms. The highest BCUT2D eigenvalue weighted by Crippen LogP contribution is 2.21. The molecule has 0 spiro atoms. The minimum atomic E-state index is -1.04. The summed E-state index contributed by atoms with van der Waals surface area (Å²) in [5.74, 6) is 0.100. The Morgan fingerprint density at radius 3 is 2.71 bits per heavy atom. The molecule has 0 fully saturated rings. The molecule has 1 aromatic carbocycles. The molecule has 0 unspecified atom stereocenters. The van der Waals surface area contributed by atoms with Crippen molar-refractivity contribution in [1.29, 1.82) is 0 Å². The highest BCUT2D eigenvalue weighted by atomic mass is 79.9. The minimum absolute atomic E-state index is 0.116. The number of aromatic carboxylic acids is 1. The van der Waals surface area contributed by atoms with E-state index in [2.05, 4.69) is 32.8 Å². The molecule has 1 aromatic rings. The maximum absolute atomic E-state index is 11.7. The Labute approximate surface area is 137 Å². The van der Waals surface area contributed by atoms with Crippen LogP contribution in [0, 0.1) is 0 Å². The molecule has 21 heavy (non-hydrogen) atoms. The Kier molecular flexibility index (Phi) is 8.22. The lowest BCUT2D eigenvalue weighted by Gasteiger charge is -2.09. The van der Waals surface area contributed by atoms with Crippen LogP contribution in [-0.4, -0.2) is 35.7 Å². The van der Waals surface area contributed by atoms with Crippen molar-refractivity contribution in [3.63, 3.8) is 0 Å². The average molecular weight is 375 g/mol. The molecule has 0 radical (unpaired) electrons. The number of carboxylic acids is 1. The van der Waals surface area contributed by atoms with Gasteiger partial charge in [0.1, 0.15) is 0 Å². The standard InChI is InChI=1S/C14H19BrN2O3S/c1-21-8-4-2-3-7-16-14(20)17-10-5-6-12(15)11(9-10)13(18)19/h5-6,9H,2-4,7-8H2,1H3,(H,18,19)(H2,16,17,20). The van der Waals surface area contributed by atoms with Crippen molar-refractivity contribution < 1.29 is 14.7 Å².